The second kappa shape index (κ2) is 6.44. The number of anilines is 1. The molecule has 1 aliphatic carbocycles. The van der Waals surface area contributed by atoms with Crippen molar-refractivity contribution in [3.63, 3.8) is 0 Å². The summed E-state index contributed by atoms with van der Waals surface area (Å²) >= 11 is 0. The first-order chi connectivity index (χ1) is 13.3. The molecule has 144 valence electrons. The normalized spacial score (nSPS) is 13.7. The van der Waals surface area contributed by atoms with Crippen molar-refractivity contribution in [2.24, 2.45) is 7.05 Å². The third-order valence-corrected chi connectivity index (χ3v) is 5.28. The average molecular weight is 378 g/mol. The van der Waals surface area contributed by atoms with Crippen LogP contribution >= 0.6 is 0 Å². The molecule has 1 fully saturated rings. The van der Waals surface area contributed by atoms with Crippen LogP contribution < -0.4 is 5.32 Å². The highest BCUT2D eigenvalue weighted by molar-refractivity contribution is 6.13. The van der Waals surface area contributed by atoms with Gasteiger partial charge in [-0.15, -0.1) is 0 Å². The van der Waals surface area contributed by atoms with Crippen LogP contribution in [-0.2, 0) is 7.05 Å². The zero-order valence-corrected chi connectivity index (χ0v) is 16.3. The SMILES string of the molecule is Cc1cc(C)c(C(=O)O)cc1NC(=O)c1cc(C2CC2)nc2c1c(C)nn2C. The monoisotopic (exact) mass is 378 g/mol. The van der Waals surface area contributed by atoms with Gasteiger partial charge in [-0.2, -0.15) is 5.10 Å². The molecule has 0 saturated heterocycles. The Labute approximate surface area is 162 Å². The van der Waals surface area contributed by atoms with Gasteiger partial charge < -0.3 is 10.4 Å². The molecule has 28 heavy (non-hydrogen) atoms. The summed E-state index contributed by atoms with van der Waals surface area (Å²) in [5.74, 6) is -0.905. The molecule has 1 saturated carbocycles. The van der Waals surface area contributed by atoms with E-state index >= 15 is 0 Å². The van der Waals surface area contributed by atoms with Gasteiger partial charge in [0.2, 0.25) is 0 Å². The Balaban J connectivity index is 1.80. The minimum atomic E-state index is -1.02. The number of aromatic nitrogens is 3. The van der Waals surface area contributed by atoms with Crippen LogP contribution in [0.2, 0.25) is 0 Å². The maximum Gasteiger partial charge on any atom is 0.336 e. The second-order valence-electron chi connectivity index (χ2n) is 7.52. The standard InChI is InChI=1S/C21H22N4O3/c1-10-7-11(2)16(8-14(10)21(27)28)23-20(26)15-9-17(13-5-6-13)22-19-18(15)12(3)24-25(19)4/h7-9,13H,5-6H2,1-4H3,(H,23,26)(H,27,28). The number of rotatable bonds is 4. The molecule has 7 nitrogen and oxygen atoms in total. The number of carboxylic acid groups (broad SMARTS) is 1. The topological polar surface area (TPSA) is 97.1 Å². The highest BCUT2D eigenvalue weighted by atomic mass is 16.4. The van der Waals surface area contributed by atoms with Crippen LogP contribution in [0, 0.1) is 20.8 Å². The van der Waals surface area contributed by atoms with Crippen molar-refractivity contribution in [2.75, 3.05) is 5.32 Å². The molecule has 1 aliphatic rings. The maximum atomic E-state index is 13.2. The number of hydrogen-bond donors (Lipinski definition) is 2. The van der Waals surface area contributed by atoms with Gasteiger partial charge in [0.25, 0.3) is 5.91 Å². The van der Waals surface area contributed by atoms with E-state index in [4.69, 9.17) is 4.98 Å². The number of carboxylic acids is 1. The van der Waals surface area contributed by atoms with Crippen LogP contribution in [0.4, 0.5) is 5.69 Å². The number of pyridine rings is 1. The van der Waals surface area contributed by atoms with Crippen molar-refractivity contribution in [2.45, 2.75) is 39.5 Å². The number of amides is 1. The average Bonchev–Trinajstić information content (AvgIpc) is 3.43. The molecular formula is C21H22N4O3. The molecule has 0 atom stereocenters. The number of hydrogen-bond acceptors (Lipinski definition) is 4. The van der Waals surface area contributed by atoms with E-state index in [1.807, 2.05) is 27.0 Å². The molecule has 1 aromatic carbocycles. The van der Waals surface area contributed by atoms with E-state index in [1.54, 1.807) is 17.7 Å². The first kappa shape index (κ1) is 18.2. The van der Waals surface area contributed by atoms with Crippen LogP contribution in [0.25, 0.3) is 11.0 Å². The van der Waals surface area contributed by atoms with Crippen LogP contribution in [0.1, 0.15) is 62.0 Å². The Morgan fingerprint density at radius 2 is 1.82 bits per heavy atom. The van der Waals surface area contributed by atoms with E-state index in [9.17, 15) is 14.7 Å². The predicted octanol–water partition coefficient (Wildman–Crippen LogP) is 3.72. The largest absolute Gasteiger partial charge is 0.478 e. The van der Waals surface area contributed by atoms with Crippen LogP contribution in [0.5, 0.6) is 0 Å². The zero-order chi connectivity index (χ0) is 20.2. The molecule has 2 heterocycles. The molecule has 0 aliphatic heterocycles. The number of benzene rings is 1. The minimum absolute atomic E-state index is 0.178. The van der Waals surface area contributed by atoms with Crippen molar-refractivity contribution in [1.82, 2.24) is 14.8 Å². The molecule has 0 spiro atoms. The summed E-state index contributed by atoms with van der Waals surface area (Å²) in [6.45, 7) is 5.45. The molecule has 7 heteroatoms. The third kappa shape index (κ3) is 3.02. The fourth-order valence-corrected chi connectivity index (χ4v) is 3.64. The van der Waals surface area contributed by atoms with Gasteiger partial charge in [0.15, 0.2) is 5.65 Å². The molecule has 1 amide bonds. The number of carbonyl (C=O) groups is 2. The Morgan fingerprint density at radius 3 is 2.46 bits per heavy atom. The summed E-state index contributed by atoms with van der Waals surface area (Å²) in [4.78, 5) is 29.4. The molecule has 0 bridgehead atoms. The number of aromatic carboxylic acids is 1. The van der Waals surface area contributed by atoms with E-state index in [1.165, 1.54) is 6.07 Å². The zero-order valence-electron chi connectivity index (χ0n) is 16.3. The van der Waals surface area contributed by atoms with Gasteiger partial charge in [0, 0.05) is 24.3 Å². The Bertz CT molecular complexity index is 1140. The van der Waals surface area contributed by atoms with Crippen molar-refractivity contribution in [3.05, 3.63) is 51.8 Å². The quantitative estimate of drug-likeness (QED) is 0.721. The van der Waals surface area contributed by atoms with Gasteiger partial charge >= 0.3 is 5.97 Å². The van der Waals surface area contributed by atoms with Gasteiger partial charge in [-0.1, -0.05) is 6.07 Å². The van der Waals surface area contributed by atoms with E-state index < -0.39 is 5.97 Å². The molecule has 3 aromatic rings. The maximum absolute atomic E-state index is 13.2. The second-order valence-corrected chi connectivity index (χ2v) is 7.52. The molecule has 0 unspecified atom stereocenters. The van der Waals surface area contributed by atoms with Crippen LogP contribution in [-0.4, -0.2) is 31.7 Å². The van der Waals surface area contributed by atoms with E-state index in [0.29, 0.717) is 28.4 Å². The number of nitrogens with one attached hydrogen (secondary N) is 1. The fraction of sp³-hybridized carbons (Fsp3) is 0.333. The Hall–Kier alpha value is -3.22. The Kier molecular flexibility index (Phi) is 4.18. The van der Waals surface area contributed by atoms with Crippen LogP contribution in [0.3, 0.4) is 0 Å². The van der Waals surface area contributed by atoms with E-state index in [-0.39, 0.29) is 11.5 Å². The van der Waals surface area contributed by atoms with Gasteiger partial charge in [0.05, 0.1) is 22.2 Å². The van der Waals surface area contributed by atoms with Crippen molar-refractivity contribution in [1.29, 1.82) is 0 Å². The van der Waals surface area contributed by atoms with Gasteiger partial charge in [-0.25, -0.2) is 9.78 Å². The van der Waals surface area contributed by atoms with Crippen molar-refractivity contribution in [3.8, 4) is 0 Å². The summed E-state index contributed by atoms with van der Waals surface area (Å²) in [7, 11) is 1.82. The summed E-state index contributed by atoms with van der Waals surface area (Å²) in [6, 6.07) is 5.14. The van der Waals surface area contributed by atoms with Crippen LogP contribution in [0.15, 0.2) is 18.2 Å². The molecule has 4 rings (SSSR count). The van der Waals surface area contributed by atoms with E-state index in [2.05, 4.69) is 10.4 Å². The summed E-state index contributed by atoms with van der Waals surface area (Å²) in [6.07, 6.45) is 2.16. The predicted molar refractivity (Wildman–Crippen MR) is 106 cm³/mol. The smallest absolute Gasteiger partial charge is 0.336 e. The van der Waals surface area contributed by atoms with Crippen molar-refractivity contribution >= 4 is 28.6 Å². The van der Waals surface area contributed by atoms with Gasteiger partial charge in [-0.3, -0.25) is 9.48 Å². The summed E-state index contributed by atoms with van der Waals surface area (Å²) in [5.41, 5.74) is 5.01. The number of fused-ring (bicyclic) bond motifs is 1. The highest BCUT2D eigenvalue weighted by Crippen LogP contribution is 2.40. The Morgan fingerprint density at radius 1 is 1.11 bits per heavy atom. The minimum Gasteiger partial charge on any atom is -0.478 e. The summed E-state index contributed by atoms with van der Waals surface area (Å²) < 4.78 is 1.70. The molecule has 0 radical (unpaired) electrons. The van der Waals surface area contributed by atoms with Gasteiger partial charge in [-0.05, 0) is 56.9 Å². The lowest BCUT2D eigenvalue weighted by atomic mass is 10.0. The number of aryl methyl sites for hydroxylation is 4. The van der Waals surface area contributed by atoms with Crippen molar-refractivity contribution < 1.29 is 14.7 Å². The lowest BCUT2D eigenvalue weighted by Gasteiger charge is -2.13. The number of carbonyl (C=O) groups excluding carboxylic acids is 1. The molecular weight excluding hydrogens is 356 g/mol. The number of nitrogens with zero attached hydrogens (tertiary/aromatic N) is 3. The lowest BCUT2D eigenvalue weighted by molar-refractivity contribution is 0.0695. The third-order valence-electron chi connectivity index (χ3n) is 5.28. The molecule has 2 aromatic heterocycles. The highest BCUT2D eigenvalue weighted by Gasteiger charge is 2.28. The lowest BCUT2D eigenvalue weighted by Crippen LogP contribution is -2.15. The first-order valence-electron chi connectivity index (χ1n) is 9.26. The fourth-order valence-electron chi connectivity index (χ4n) is 3.64. The summed E-state index contributed by atoms with van der Waals surface area (Å²) in [5, 5.41) is 17.4. The van der Waals surface area contributed by atoms with Gasteiger partial charge in [0.1, 0.15) is 0 Å². The van der Waals surface area contributed by atoms with E-state index in [0.717, 1.165) is 35.2 Å². The first-order valence-corrected chi connectivity index (χ1v) is 9.26. The molecule has 2 N–H and O–H groups in total.